The SMILES string of the molecule is ClCc1nc2ccccn2c1Cl. The van der Waals surface area contributed by atoms with Crippen LogP contribution >= 0.6 is 23.2 Å². The zero-order chi connectivity index (χ0) is 8.55. The van der Waals surface area contributed by atoms with E-state index < -0.39 is 0 Å². The topological polar surface area (TPSA) is 17.3 Å². The first-order valence-corrected chi connectivity index (χ1v) is 4.41. The minimum absolute atomic E-state index is 0.348. The van der Waals surface area contributed by atoms with Crippen LogP contribution in [-0.2, 0) is 5.88 Å². The van der Waals surface area contributed by atoms with Gasteiger partial charge in [-0.2, -0.15) is 0 Å². The van der Waals surface area contributed by atoms with Crippen LogP contribution in [0.2, 0.25) is 5.15 Å². The molecular formula is C8H6Cl2N2. The van der Waals surface area contributed by atoms with E-state index in [4.69, 9.17) is 23.2 Å². The van der Waals surface area contributed by atoms with Crippen molar-refractivity contribution in [3.8, 4) is 0 Å². The van der Waals surface area contributed by atoms with Crippen molar-refractivity contribution in [2.45, 2.75) is 5.88 Å². The summed E-state index contributed by atoms with van der Waals surface area (Å²) in [7, 11) is 0. The molecule has 0 atom stereocenters. The van der Waals surface area contributed by atoms with Crippen LogP contribution in [0.25, 0.3) is 5.65 Å². The van der Waals surface area contributed by atoms with Gasteiger partial charge in [0.2, 0.25) is 0 Å². The van der Waals surface area contributed by atoms with Crippen molar-refractivity contribution in [3.05, 3.63) is 35.2 Å². The van der Waals surface area contributed by atoms with Crippen molar-refractivity contribution in [1.29, 1.82) is 0 Å². The lowest BCUT2D eigenvalue weighted by molar-refractivity contribution is 1.18. The summed E-state index contributed by atoms with van der Waals surface area (Å²) in [6.07, 6.45) is 1.86. The van der Waals surface area contributed by atoms with E-state index in [1.807, 2.05) is 24.4 Å². The van der Waals surface area contributed by atoms with Crippen molar-refractivity contribution in [3.63, 3.8) is 0 Å². The maximum absolute atomic E-state index is 5.97. The number of fused-ring (bicyclic) bond motifs is 1. The third-order valence-electron chi connectivity index (χ3n) is 1.66. The average molecular weight is 201 g/mol. The van der Waals surface area contributed by atoms with Crippen molar-refractivity contribution in [2.24, 2.45) is 0 Å². The minimum Gasteiger partial charge on any atom is -0.290 e. The largest absolute Gasteiger partial charge is 0.290 e. The van der Waals surface area contributed by atoms with Gasteiger partial charge in [-0.3, -0.25) is 4.40 Å². The summed E-state index contributed by atoms with van der Waals surface area (Å²) in [5, 5.41) is 0.598. The molecule has 0 aliphatic carbocycles. The number of aromatic nitrogens is 2. The van der Waals surface area contributed by atoms with Gasteiger partial charge in [0.1, 0.15) is 10.8 Å². The van der Waals surface area contributed by atoms with Crippen molar-refractivity contribution in [2.75, 3.05) is 0 Å². The fraction of sp³-hybridized carbons (Fsp3) is 0.125. The Labute approximate surface area is 79.7 Å². The van der Waals surface area contributed by atoms with Crippen LogP contribution in [-0.4, -0.2) is 9.38 Å². The zero-order valence-electron chi connectivity index (χ0n) is 6.17. The van der Waals surface area contributed by atoms with Crippen LogP contribution in [0.3, 0.4) is 0 Å². The van der Waals surface area contributed by atoms with Gasteiger partial charge < -0.3 is 0 Å². The summed E-state index contributed by atoms with van der Waals surface area (Å²) < 4.78 is 1.80. The van der Waals surface area contributed by atoms with Crippen molar-refractivity contribution < 1.29 is 0 Å². The molecule has 0 bridgehead atoms. The average Bonchev–Trinajstić information content (AvgIpc) is 2.44. The molecule has 0 aromatic carbocycles. The molecule has 0 fully saturated rings. The lowest BCUT2D eigenvalue weighted by Gasteiger charge is -1.91. The Morgan fingerprint density at radius 2 is 2.25 bits per heavy atom. The quantitative estimate of drug-likeness (QED) is 0.648. The molecule has 4 heteroatoms. The van der Waals surface area contributed by atoms with E-state index in [2.05, 4.69) is 4.98 Å². The Morgan fingerprint density at radius 1 is 1.42 bits per heavy atom. The molecule has 0 amide bonds. The van der Waals surface area contributed by atoms with Crippen LogP contribution in [0, 0.1) is 0 Å². The molecule has 2 nitrogen and oxygen atoms in total. The molecule has 0 N–H and O–H groups in total. The highest BCUT2D eigenvalue weighted by Gasteiger charge is 2.06. The summed E-state index contributed by atoms with van der Waals surface area (Å²) in [5.41, 5.74) is 1.56. The van der Waals surface area contributed by atoms with E-state index in [0.717, 1.165) is 11.3 Å². The van der Waals surface area contributed by atoms with E-state index in [-0.39, 0.29) is 0 Å². The predicted molar refractivity (Wildman–Crippen MR) is 49.8 cm³/mol. The first kappa shape index (κ1) is 7.90. The molecule has 0 aliphatic rings. The lowest BCUT2D eigenvalue weighted by Crippen LogP contribution is -1.81. The molecule has 0 aliphatic heterocycles. The predicted octanol–water partition coefficient (Wildman–Crippen LogP) is 2.73. The maximum atomic E-state index is 5.97. The summed E-state index contributed by atoms with van der Waals surface area (Å²) in [6.45, 7) is 0. The molecule has 0 saturated heterocycles. The Kier molecular flexibility index (Phi) is 1.95. The Bertz CT molecular complexity index is 408. The molecule has 2 rings (SSSR count). The Balaban J connectivity index is 2.78. The number of hydrogen-bond donors (Lipinski definition) is 0. The van der Waals surface area contributed by atoms with Gasteiger partial charge in [-0.05, 0) is 12.1 Å². The smallest absolute Gasteiger partial charge is 0.138 e. The van der Waals surface area contributed by atoms with Crippen molar-refractivity contribution in [1.82, 2.24) is 9.38 Å². The van der Waals surface area contributed by atoms with E-state index in [0.29, 0.717) is 11.0 Å². The number of rotatable bonds is 1. The van der Waals surface area contributed by atoms with Gasteiger partial charge in [0.15, 0.2) is 0 Å². The summed E-state index contributed by atoms with van der Waals surface area (Å²) >= 11 is 11.6. The standard InChI is InChI=1S/C8H6Cl2N2/c9-5-6-8(10)12-4-2-1-3-7(12)11-6/h1-4H,5H2. The normalized spacial score (nSPS) is 10.8. The molecule has 0 unspecified atom stereocenters. The van der Waals surface area contributed by atoms with Crippen LogP contribution in [0.1, 0.15) is 5.69 Å². The lowest BCUT2D eigenvalue weighted by atomic mass is 10.5. The molecule has 2 aromatic rings. The number of nitrogens with zero attached hydrogens (tertiary/aromatic N) is 2. The van der Waals surface area contributed by atoms with Gasteiger partial charge in [-0.15, -0.1) is 11.6 Å². The summed E-state index contributed by atoms with van der Waals surface area (Å²) in [5.74, 6) is 0.348. The highest BCUT2D eigenvalue weighted by molar-refractivity contribution is 6.31. The molecule has 2 aromatic heterocycles. The minimum atomic E-state index is 0.348. The Hall–Kier alpha value is -0.730. The van der Waals surface area contributed by atoms with E-state index in [1.54, 1.807) is 4.40 Å². The molecule has 0 spiro atoms. The zero-order valence-corrected chi connectivity index (χ0v) is 7.68. The molecular weight excluding hydrogens is 195 g/mol. The summed E-state index contributed by atoms with van der Waals surface area (Å²) in [4.78, 5) is 4.23. The molecule has 12 heavy (non-hydrogen) atoms. The van der Waals surface area contributed by atoms with Gasteiger partial charge in [0.25, 0.3) is 0 Å². The van der Waals surface area contributed by atoms with E-state index in [9.17, 15) is 0 Å². The highest BCUT2D eigenvalue weighted by atomic mass is 35.5. The highest BCUT2D eigenvalue weighted by Crippen LogP contribution is 2.18. The van der Waals surface area contributed by atoms with Crippen LogP contribution < -0.4 is 0 Å². The number of hydrogen-bond acceptors (Lipinski definition) is 1. The van der Waals surface area contributed by atoms with Gasteiger partial charge in [0.05, 0.1) is 11.6 Å². The fourth-order valence-corrected chi connectivity index (χ4v) is 1.61. The van der Waals surface area contributed by atoms with E-state index >= 15 is 0 Å². The maximum Gasteiger partial charge on any atom is 0.138 e. The molecule has 2 heterocycles. The van der Waals surface area contributed by atoms with Gasteiger partial charge in [-0.1, -0.05) is 17.7 Å². The van der Waals surface area contributed by atoms with Crippen LogP contribution in [0.15, 0.2) is 24.4 Å². The first-order valence-electron chi connectivity index (χ1n) is 3.50. The second kappa shape index (κ2) is 2.96. The Morgan fingerprint density at radius 3 is 2.92 bits per heavy atom. The molecule has 62 valence electrons. The third-order valence-corrected chi connectivity index (χ3v) is 2.32. The second-order valence-corrected chi connectivity index (χ2v) is 3.04. The number of halogens is 2. The van der Waals surface area contributed by atoms with E-state index in [1.165, 1.54) is 0 Å². The number of pyridine rings is 1. The van der Waals surface area contributed by atoms with Gasteiger partial charge >= 0.3 is 0 Å². The molecule has 0 saturated carbocycles. The van der Waals surface area contributed by atoms with Crippen LogP contribution in [0.5, 0.6) is 0 Å². The molecule has 0 radical (unpaired) electrons. The number of imidazole rings is 1. The van der Waals surface area contributed by atoms with Gasteiger partial charge in [-0.25, -0.2) is 4.98 Å². The van der Waals surface area contributed by atoms with Gasteiger partial charge in [0, 0.05) is 6.20 Å². The van der Waals surface area contributed by atoms with Crippen molar-refractivity contribution >= 4 is 28.8 Å². The summed E-state index contributed by atoms with van der Waals surface area (Å²) in [6, 6.07) is 5.71. The second-order valence-electron chi connectivity index (χ2n) is 2.41. The third kappa shape index (κ3) is 1.08. The number of alkyl halides is 1. The fourth-order valence-electron chi connectivity index (χ4n) is 1.10. The monoisotopic (exact) mass is 200 g/mol. The first-order chi connectivity index (χ1) is 5.83. The van der Waals surface area contributed by atoms with Crippen LogP contribution in [0.4, 0.5) is 0 Å².